The van der Waals surface area contributed by atoms with Crippen LogP contribution in [0.15, 0.2) is 18.2 Å². The van der Waals surface area contributed by atoms with Crippen LogP contribution >= 0.6 is 0 Å². The molecule has 0 aliphatic heterocycles. The molecule has 0 bridgehead atoms. The van der Waals surface area contributed by atoms with Crippen LogP contribution in [0.5, 0.6) is 0 Å². The van der Waals surface area contributed by atoms with E-state index in [1.807, 2.05) is 6.07 Å². The third-order valence-electron chi connectivity index (χ3n) is 1.40. The van der Waals surface area contributed by atoms with Gasteiger partial charge in [-0.2, -0.15) is 0 Å². The zero-order valence-electron chi connectivity index (χ0n) is 7.04. The summed E-state index contributed by atoms with van der Waals surface area (Å²) in [6, 6.07) is 5.42. The van der Waals surface area contributed by atoms with Gasteiger partial charge in [0, 0.05) is 0 Å². The van der Waals surface area contributed by atoms with E-state index in [2.05, 4.69) is 0 Å². The van der Waals surface area contributed by atoms with Crippen LogP contribution in [0.3, 0.4) is 0 Å². The van der Waals surface area contributed by atoms with E-state index in [0.29, 0.717) is 0 Å². The fourth-order valence-electron chi connectivity index (χ4n) is 0.844. The van der Waals surface area contributed by atoms with Crippen LogP contribution in [0, 0.1) is 23.0 Å². The van der Waals surface area contributed by atoms with Gasteiger partial charge in [-0.25, -0.2) is 0 Å². The molecule has 14 heavy (non-hydrogen) atoms. The van der Waals surface area contributed by atoms with E-state index in [9.17, 15) is 8.78 Å². The predicted molar refractivity (Wildman–Crippen MR) is 43.5 cm³/mol. The van der Waals surface area contributed by atoms with Gasteiger partial charge in [-0.3, -0.25) is 0 Å². The van der Waals surface area contributed by atoms with Crippen LogP contribution in [0.2, 0.25) is 0 Å². The van der Waals surface area contributed by atoms with Gasteiger partial charge in [0.2, 0.25) is 0 Å². The standard InChI is InChI=1S/C8H7F2IN3/c9-6-2-1-3-7(10)8(6)14(13)11-4-5-12/h1-3H,4,13H2/q-1. The van der Waals surface area contributed by atoms with Crippen LogP contribution in [0.25, 0.3) is 0 Å². The van der Waals surface area contributed by atoms with Crippen molar-refractivity contribution in [1.82, 2.24) is 0 Å². The third-order valence-corrected chi connectivity index (χ3v) is 3.30. The summed E-state index contributed by atoms with van der Waals surface area (Å²) in [5.74, 6) is 4.03. The van der Waals surface area contributed by atoms with Crippen molar-refractivity contribution >= 4 is 5.69 Å². The number of benzene rings is 1. The number of hydrogen-bond acceptors (Lipinski definition) is 3. The Labute approximate surface area is 90.7 Å². The fourth-order valence-corrected chi connectivity index (χ4v) is 2.17. The van der Waals surface area contributed by atoms with Crippen molar-refractivity contribution in [2.45, 2.75) is 0 Å². The maximum atomic E-state index is 13.1. The van der Waals surface area contributed by atoms with Gasteiger partial charge in [-0.1, -0.05) is 0 Å². The van der Waals surface area contributed by atoms with Gasteiger partial charge < -0.3 is 0 Å². The normalized spacial score (nSPS) is 9.86. The molecule has 0 atom stereocenters. The Morgan fingerprint density at radius 3 is 2.50 bits per heavy atom. The average Bonchev–Trinajstić information content (AvgIpc) is 2.14. The zero-order valence-corrected chi connectivity index (χ0v) is 9.20. The number of halogens is 3. The molecule has 0 aliphatic carbocycles. The summed E-state index contributed by atoms with van der Waals surface area (Å²) in [5, 5.41) is 8.31. The first-order chi connectivity index (χ1) is 6.66. The molecule has 1 aromatic rings. The number of nitrogens with zero attached hydrogens (tertiary/aromatic N) is 2. The number of alkyl halides is 1. The van der Waals surface area contributed by atoms with E-state index in [-0.39, 0.29) is 10.1 Å². The molecule has 2 N–H and O–H groups in total. The van der Waals surface area contributed by atoms with E-state index in [1.165, 1.54) is 6.07 Å². The predicted octanol–water partition coefficient (Wildman–Crippen LogP) is -1.83. The SMILES string of the molecule is N#CC[I-]N(N)c1c(F)cccc1F. The first-order valence-electron chi connectivity index (χ1n) is 3.62. The molecule has 0 radical (unpaired) electrons. The molecule has 0 unspecified atom stereocenters. The van der Waals surface area contributed by atoms with E-state index in [4.69, 9.17) is 11.1 Å². The minimum absolute atomic E-state index is 0.225. The minimum atomic E-state index is -0.880. The molecule has 6 heteroatoms. The van der Waals surface area contributed by atoms with Crippen LogP contribution in [-0.2, 0) is 0 Å². The number of nitrogens with two attached hydrogens (primary N) is 1. The van der Waals surface area contributed by atoms with Gasteiger partial charge in [0.05, 0.1) is 0 Å². The van der Waals surface area contributed by atoms with Gasteiger partial charge in [-0.15, -0.1) is 0 Å². The Kier molecular flexibility index (Phi) is 4.03. The summed E-state index contributed by atoms with van der Waals surface area (Å²) < 4.78 is 27.4. The molecular weight excluding hydrogens is 303 g/mol. The molecule has 0 amide bonds. The molecule has 0 saturated carbocycles. The molecule has 76 valence electrons. The number of para-hydroxylation sites is 1. The van der Waals surface area contributed by atoms with Crippen molar-refractivity contribution in [2.24, 2.45) is 5.84 Å². The monoisotopic (exact) mass is 310 g/mol. The van der Waals surface area contributed by atoms with Crippen molar-refractivity contribution in [2.75, 3.05) is 7.65 Å². The second-order valence-corrected chi connectivity index (χ2v) is 4.78. The molecular formula is C8H7F2IN3-. The van der Waals surface area contributed by atoms with Crippen molar-refractivity contribution in [3.8, 4) is 6.07 Å². The van der Waals surface area contributed by atoms with Crippen molar-refractivity contribution in [3.63, 3.8) is 0 Å². The van der Waals surface area contributed by atoms with E-state index in [1.54, 1.807) is 0 Å². The average molecular weight is 310 g/mol. The third kappa shape index (κ3) is 2.52. The summed E-state index contributed by atoms with van der Waals surface area (Å²) >= 11 is -0.880. The summed E-state index contributed by atoms with van der Waals surface area (Å²) in [6.07, 6.45) is 0. The summed E-state index contributed by atoms with van der Waals surface area (Å²) in [4.78, 5) is 0. The van der Waals surface area contributed by atoms with Gasteiger partial charge in [-0.05, 0) is 0 Å². The van der Waals surface area contributed by atoms with Crippen molar-refractivity contribution < 1.29 is 30.3 Å². The summed E-state index contributed by atoms with van der Waals surface area (Å²) in [7, 11) is 0. The van der Waals surface area contributed by atoms with Crippen LogP contribution in [-0.4, -0.2) is 4.43 Å². The number of hydrazine groups is 1. The quantitative estimate of drug-likeness (QED) is 0.235. The van der Waals surface area contributed by atoms with Crippen molar-refractivity contribution in [1.29, 1.82) is 5.26 Å². The number of anilines is 1. The van der Waals surface area contributed by atoms with E-state index < -0.39 is 33.1 Å². The first kappa shape index (κ1) is 11.1. The second-order valence-electron chi connectivity index (χ2n) is 2.29. The van der Waals surface area contributed by atoms with Gasteiger partial charge in [0.15, 0.2) is 0 Å². The zero-order chi connectivity index (χ0) is 10.6. The Balaban J connectivity index is 2.89. The fraction of sp³-hybridized carbons (Fsp3) is 0.125. The van der Waals surface area contributed by atoms with Crippen LogP contribution < -0.4 is 30.5 Å². The molecule has 0 fully saturated rings. The Hall–Kier alpha value is -0.940. The Morgan fingerprint density at radius 1 is 1.43 bits per heavy atom. The second kappa shape index (κ2) is 5.07. The molecule has 0 spiro atoms. The van der Waals surface area contributed by atoms with Crippen LogP contribution in [0.4, 0.5) is 14.5 Å². The van der Waals surface area contributed by atoms with E-state index in [0.717, 1.165) is 15.4 Å². The molecule has 1 aromatic carbocycles. The van der Waals surface area contributed by atoms with Gasteiger partial charge in [0.1, 0.15) is 0 Å². The first-order valence-corrected chi connectivity index (χ1v) is 6.11. The Bertz CT molecular complexity index is 344. The summed E-state index contributed by atoms with van der Waals surface area (Å²) in [6.45, 7) is 0. The summed E-state index contributed by atoms with van der Waals surface area (Å²) in [5.41, 5.74) is -0.254. The maximum absolute atomic E-state index is 13.1. The molecule has 0 heterocycles. The van der Waals surface area contributed by atoms with E-state index >= 15 is 0 Å². The van der Waals surface area contributed by atoms with Gasteiger partial charge in [0.25, 0.3) is 0 Å². The molecule has 1 rings (SSSR count). The Morgan fingerprint density at radius 2 is 2.00 bits per heavy atom. The topological polar surface area (TPSA) is 53.0 Å². The van der Waals surface area contributed by atoms with Gasteiger partial charge >= 0.3 is 90.6 Å². The van der Waals surface area contributed by atoms with Crippen molar-refractivity contribution in [3.05, 3.63) is 29.8 Å². The molecule has 0 aliphatic rings. The molecule has 0 aromatic heterocycles. The number of rotatable bonds is 3. The number of hydrogen-bond donors (Lipinski definition) is 1. The van der Waals surface area contributed by atoms with Crippen LogP contribution in [0.1, 0.15) is 0 Å². The number of nitriles is 1. The molecule has 0 saturated heterocycles. The molecule has 3 nitrogen and oxygen atoms in total.